The second-order valence-corrected chi connectivity index (χ2v) is 5.33. The number of carbonyl (C=O) groups excluding carboxylic acids is 1. The molecule has 0 fully saturated rings. The predicted molar refractivity (Wildman–Crippen MR) is 88.5 cm³/mol. The first kappa shape index (κ1) is 19.4. The smallest absolute Gasteiger partial charge is 0.387 e. The third kappa shape index (κ3) is 4.59. The highest BCUT2D eigenvalue weighted by Crippen LogP contribution is 2.30. The zero-order chi connectivity index (χ0) is 19.3. The van der Waals surface area contributed by atoms with E-state index in [-0.39, 0.29) is 22.8 Å². The van der Waals surface area contributed by atoms with E-state index >= 15 is 0 Å². The molecule has 0 radical (unpaired) electrons. The van der Waals surface area contributed by atoms with E-state index in [9.17, 15) is 18.0 Å². The molecule has 0 aromatic heterocycles. The second kappa shape index (κ2) is 8.46. The Labute approximate surface area is 148 Å². The van der Waals surface area contributed by atoms with Gasteiger partial charge in [0.15, 0.2) is 23.1 Å². The number of hydrogen-bond acceptors (Lipinski definition) is 4. The summed E-state index contributed by atoms with van der Waals surface area (Å²) in [5.74, 6) is -1.09. The van der Waals surface area contributed by atoms with Gasteiger partial charge in [-0.2, -0.15) is 8.78 Å². The fraction of sp³-hybridized carbons (Fsp3) is 0.278. The molecule has 0 unspecified atom stereocenters. The lowest BCUT2D eigenvalue weighted by Crippen LogP contribution is -2.26. The fourth-order valence-corrected chi connectivity index (χ4v) is 2.32. The van der Waals surface area contributed by atoms with Crippen molar-refractivity contribution in [2.45, 2.75) is 19.6 Å². The van der Waals surface area contributed by atoms with Gasteiger partial charge in [-0.05, 0) is 42.8 Å². The normalized spacial score (nSPS) is 11.8. The van der Waals surface area contributed by atoms with Crippen molar-refractivity contribution in [2.24, 2.45) is 0 Å². The number of amides is 1. The maximum Gasteiger partial charge on any atom is 0.387 e. The van der Waals surface area contributed by atoms with Crippen molar-refractivity contribution in [3.63, 3.8) is 0 Å². The molecule has 0 aliphatic heterocycles. The summed E-state index contributed by atoms with van der Waals surface area (Å²) in [5.41, 5.74) is 0.727. The number of alkyl halides is 2. The summed E-state index contributed by atoms with van der Waals surface area (Å²) in [4.78, 5) is 12.4. The van der Waals surface area contributed by atoms with Crippen LogP contribution < -0.4 is 19.5 Å². The first-order chi connectivity index (χ1) is 12.3. The van der Waals surface area contributed by atoms with E-state index in [1.54, 1.807) is 13.0 Å². The minimum atomic E-state index is -3.01. The van der Waals surface area contributed by atoms with Crippen LogP contribution in [0.1, 0.15) is 28.9 Å². The third-order valence-corrected chi connectivity index (χ3v) is 3.67. The van der Waals surface area contributed by atoms with Crippen LogP contribution in [-0.4, -0.2) is 26.7 Å². The van der Waals surface area contributed by atoms with Gasteiger partial charge in [-0.15, -0.1) is 0 Å². The van der Waals surface area contributed by atoms with Crippen molar-refractivity contribution in [3.8, 4) is 17.2 Å². The molecular weight excluding hydrogens is 351 g/mol. The topological polar surface area (TPSA) is 56.8 Å². The van der Waals surface area contributed by atoms with Crippen LogP contribution in [0.4, 0.5) is 13.2 Å². The summed E-state index contributed by atoms with van der Waals surface area (Å²) in [6.45, 7) is -1.32. The second-order valence-electron chi connectivity index (χ2n) is 5.33. The highest BCUT2D eigenvalue weighted by Gasteiger charge is 2.17. The maximum absolute atomic E-state index is 13.8. The average Bonchev–Trinajstić information content (AvgIpc) is 2.61. The zero-order valence-corrected chi connectivity index (χ0v) is 14.4. The first-order valence-corrected chi connectivity index (χ1v) is 7.62. The van der Waals surface area contributed by atoms with Gasteiger partial charge in [0.05, 0.1) is 20.3 Å². The molecule has 0 saturated heterocycles. The van der Waals surface area contributed by atoms with E-state index in [0.717, 1.165) is 0 Å². The van der Waals surface area contributed by atoms with E-state index in [0.29, 0.717) is 5.56 Å². The minimum absolute atomic E-state index is 0.00101. The molecule has 0 aliphatic carbocycles. The molecule has 1 atom stereocenters. The van der Waals surface area contributed by atoms with Gasteiger partial charge in [-0.3, -0.25) is 4.79 Å². The van der Waals surface area contributed by atoms with Crippen LogP contribution in [0.25, 0.3) is 0 Å². The quantitative estimate of drug-likeness (QED) is 0.803. The van der Waals surface area contributed by atoms with Crippen LogP contribution in [-0.2, 0) is 0 Å². The summed E-state index contributed by atoms with van der Waals surface area (Å²) in [6, 6.07) is 7.71. The Morgan fingerprint density at radius 2 is 1.65 bits per heavy atom. The lowest BCUT2D eigenvalue weighted by Gasteiger charge is -2.16. The van der Waals surface area contributed by atoms with Crippen LogP contribution in [0, 0.1) is 5.82 Å². The van der Waals surface area contributed by atoms with Crippen LogP contribution in [0.3, 0.4) is 0 Å². The number of rotatable bonds is 7. The summed E-state index contributed by atoms with van der Waals surface area (Å²) >= 11 is 0. The van der Waals surface area contributed by atoms with E-state index in [1.165, 1.54) is 44.6 Å². The molecule has 0 spiro atoms. The van der Waals surface area contributed by atoms with Crippen molar-refractivity contribution < 1.29 is 32.2 Å². The van der Waals surface area contributed by atoms with Gasteiger partial charge < -0.3 is 19.5 Å². The van der Waals surface area contributed by atoms with Gasteiger partial charge in [0.1, 0.15) is 0 Å². The largest absolute Gasteiger partial charge is 0.494 e. The monoisotopic (exact) mass is 369 g/mol. The molecule has 0 saturated carbocycles. The van der Waals surface area contributed by atoms with Crippen molar-refractivity contribution in [1.82, 2.24) is 5.32 Å². The molecule has 0 heterocycles. The summed E-state index contributed by atoms with van der Waals surface area (Å²) in [7, 11) is 2.64. The van der Waals surface area contributed by atoms with E-state index in [4.69, 9.17) is 9.47 Å². The van der Waals surface area contributed by atoms with Crippen LogP contribution in [0.2, 0.25) is 0 Å². The van der Waals surface area contributed by atoms with Gasteiger partial charge in [0, 0.05) is 5.56 Å². The van der Waals surface area contributed by atoms with Gasteiger partial charge in [0.25, 0.3) is 5.91 Å². The highest BCUT2D eigenvalue weighted by atomic mass is 19.3. The van der Waals surface area contributed by atoms with E-state index < -0.39 is 24.4 Å². The Morgan fingerprint density at radius 3 is 2.23 bits per heavy atom. The van der Waals surface area contributed by atoms with Crippen LogP contribution in [0.15, 0.2) is 36.4 Å². The Hall–Kier alpha value is -2.90. The minimum Gasteiger partial charge on any atom is -0.494 e. The summed E-state index contributed by atoms with van der Waals surface area (Å²) in [6.07, 6.45) is 0. The third-order valence-electron chi connectivity index (χ3n) is 3.67. The lowest BCUT2D eigenvalue weighted by molar-refractivity contribution is -0.0512. The maximum atomic E-state index is 13.8. The number of carbonyl (C=O) groups is 1. The van der Waals surface area contributed by atoms with Crippen molar-refractivity contribution in [1.29, 1.82) is 0 Å². The Balaban J connectivity index is 2.15. The molecule has 5 nitrogen and oxygen atoms in total. The molecule has 0 bridgehead atoms. The zero-order valence-electron chi connectivity index (χ0n) is 14.4. The predicted octanol–water partition coefficient (Wildman–Crippen LogP) is 3.94. The Morgan fingerprint density at radius 1 is 1.00 bits per heavy atom. The number of hydrogen-bond donors (Lipinski definition) is 1. The van der Waals surface area contributed by atoms with Crippen molar-refractivity contribution in [2.75, 3.05) is 14.2 Å². The standard InChI is InChI=1S/C18H18F3NO4/c1-10(11-4-6-14(24-2)13(19)8-11)22-17(23)12-5-7-15(26-18(20)21)16(9-12)25-3/h4-10,18H,1-3H3,(H,22,23)/t10-/m1/s1. The number of nitrogens with one attached hydrogen (secondary N) is 1. The molecule has 2 aromatic carbocycles. The number of ether oxygens (including phenoxy) is 3. The molecular formula is C18H18F3NO4. The van der Waals surface area contributed by atoms with E-state index in [2.05, 4.69) is 10.1 Å². The average molecular weight is 369 g/mol. The lowest BCUT2D eigenvalue weighted by atomic mass is 10.1. The van der Waals surface area contributed by atoms with E-state index in [1.807, 2.05) is 0 Å². The van der Waals surface area contributed by atoms with Crippen molar-refractivity contribution >= 4 is 5.91 Å². The van der Waals surface area contributed by atoms with Crippen molar-refractivity contribution in [3.05, 3.63) is 53.3 Å². The number of methoxy groups -OCH3 is 2. The molecule has 2 aromatic rings. The molecule has 8 heteroatoms. The molecule has 26 heavy (non-hydrogen) atoms. The van der Waals surface area contributed by atoms with Crippen LogP contribution in [0.5, 0.6) is 17.2 Å². The van der Waals surface area contributed by atoms with Gasteiger partial charge in [-0.1, -0.05) is 6.07 Å². The fourth-order valence-electron chi connectivity index (χ4n) is 2.32. The first-order valence-electron chi connectivity index (χ1n) is 7.62. The molecule has 140 valence electrons. The number of benzene rings is 2. The molecule has 1 amide bonds. The van der Waals surface area contributed by atoms with Crippen LogP contribution >= 0.6 is 0 Å². The van der Waals surface area contributed by atoms with Gasteiger partial charge in [0.2, 0.25) is 0 Å². The summed E-state index contributed by atoms with van der Waals surface area (Å²) < 4.78 is 52.6. The SMILES string of the molecule is COc1ccc([C@@H](C)NC(=O)c2ccc(OC(F)F)c(OC)c2)cc1F. The highest BCUT2D eigenvalue weighted by molar-refractivity contribution is 5.95. The molecule has 1 N–H and O–H groups in total. The Kier molecular flexibility index (Phi) is 6.32. The molecule has 2 rings (SSSR count). The van der Waals surface area contributed by atoms with Gasteiger partial charge >= 0.3 is 6.61 Å². The number of halogens is 3. The Bertz CT molecular complexity index is 783. The van der Waals surface area contributed by atoms with Gasteiger partial charge in [-0.25, -0.2) is 4.39 Å². The summed E-state index contributed by atoms with van der Waals surface area (Å²) in [5, 5.41) is 2.70. The molecule has 0 aliphatic rings.